The van der Waals surface area contributed by atoms with Gasteiger partial charge >= 0.3 is 0 Å². The van der Waals surface area contributed by atoms with Gasteiger partial charge in [-0.1, -0.05) is 48.5 Å². The normalized spacial score (nSPS) is 20.9. The SMILES string of the molecule is C=CCN1C[C@H](C)N([C@@H](c2ccccc2)c2ccc(C(=O)N(CC)CC)cc2)C[C@H]1C. The van der Waals surface area contributed by atoms with Gasteiger partial charge in [-0.05, 0) is 51.0 Å². The smallest absolute Gasteiger partial charge is 0.253 e. The molecule has 0 spiro atoms. The van der Waals surface area contributed by atoms with Crippen molar-refractivity contribution in [3.8, 4) is 0 Å². The van der Waals surface area contributed by atoms with Crippen molar-refractivity contribution in [2.24, 2.45) is 0 Å². The predicted octanol–water partition coefficient (Wildman–Crippen LogP) is 4.84. The topological polar surface area (TPSA) is 26.8 Å². The standard InChI is InChI=1S/C27H37N3O/c1-6-18-29-19-22(5)30(20-21(29)4)26(23-12-10-9-11-13-23)24-14-16-25(17-15-24)27(31)28(7-2)8-3/h6,9-17,21-22,26H,1,7-8,18-20H2,2-5H3/t21-,22+,26+/m1/s1. The van der Waals surface area contributed by atoms with Crippen molar-refractivity contribution < 1.29 is 4.79 Å². The van der Waals surface area contributed by atoms with Crippen LogP contribution in [-0.4, -0.2) is 65.4 Å². The Morgan fingerprint density at radius 1 is 1.00 bits per heavy atom. The third-order valence-corrected chi connectivity index (χ3v) is 6.50. The van der Waals surface area contributed by atoms with Gasteiger partial charge in [0.25, 0.3) is 5.91 Å². The first kappa shape index (κ1) is 23.2. The van der Waals surface area contributed by atoms with E-state index in [2.05, 4.69) is 72.7 Å². The van der Waals surface area contributed by atoms with Gasteiger partial charge in [-0.2, -0.15) is 0 Å². The Morgan fingerprint density at radius 3 is 2.19 bits per heavy atom. The Bertz CT molecular complexity index is 845. The van der Waals surface area contributed by atoms with Crippen LogP contribution >= 0.6 is 0 Å². The first-order valence-corrected chi connectivity index (χ1v) is 11.5. The Kier molecular flexibility index (Phi) is 8.05. The molecule has 2 aromatic carbocycles. The Morgan fingerprint density at radius 2 is 1.61 bits per heavy atom. The van der Waals surface area contributed by atoms with Crippen LogP contribution in [0.1, 0.15) is 55.2 Å². The van der Waals surface area contributed by atoms with E-state index in [1.54, 1.807) is 0 Å². The van der Waals surface area contributed by atoms with Crippen LogP contribution in [0.15, 0.2) is 67.3 Å². The van der Waals surface area contributed by atoms with E-state index in [9.17, 15) is 4.79 Å². The summed E-state index contributed by atoms with van der Waals surface area (Å²) in [6, 6.07) is 20.0. The lowest BCUT2D eigenvalue weighted by molar-refractivity contribution is 0.0306. The Hall–Kier alpha value is -2.43. The van der Waals surface area contributed by atoms with Crippen molar-refractivity contribution in [2.75, 3.05) is 32.7 Å². The second kappa shape index (κ2) is 10.7. The molecule has 1 aliphatic rings. The highest BCUT2D eigenvalue weighted by atomic mass is 16.2. The molecule has 0 unspecified atom stereocenters. The van der Waals surface area contributed by atoms with E-state index in [1.165, 1.54) is 11.1 Å². The number of hydrogen-bond donors (Lipinski definition) is 0. The monoisotopic (exact) mass is 419 g/mol. The molecule has 1 aliphatic heterocycles. The molecule has 4 heteroatoms. The van der Waals surface area contributed by atoms with Crippen LogP contribution in [0, 0.1) is 0 Å². The summed E-state index contributed by atoms with van der Waals surface area (Å²) < 4.78 is 0. The molecule has 0 saturated carbocycles. The fourth-order valence-electron chi connectivity index (χ4n) is 4.72. The Balaban J connectivity index is 1.92. The minimum Gasteiger partial charge on any atom is -0.339 e. The number of hydrogen-bond acceptors (Lipinski definition) is 3. The van der Waals surface area contributed by atoms with Gasteiger partial charge in [0.1, 0.15) is 0 Å². The number of nitrogens with zero attached hydrogens (tertiary/aromatic N) is 3. The van der Waals surface area contributed by atoms with Crippen LogP contribution in [0.3, 0.4) is 0 Å². The van der Waals surface area contributed by atoms with Crippen LogP contribution in [0.5, 0.6) is 0 Å². The molecule has 0 radical (unpaired) electrons. The average Bonchev–Trinajstić information content (AvgIpc) is 2.79. The molecule has 0 aromatic heterocycles. The van der Waals surface area contributed by atoms with Gasteiger partial charge in [0, 0.05) is 50.4 Å². The largest absolute Gasteiger partial charge is 0.339 e. The number of benzene rings is 2. The lowest BCUT2D eigenvalue weighted by Crippen LogP contribution is -2.57. The molecule has 1 heterocycles. The zero-order valence-corrected chi connectivity index (χ0v) is 19.5. The van der Waals surface area contributed by atoms with E-state index in [-0.39, 0.29) is 11.9 Å². The van der Waals surface area contributed by atoms with E-state index in [0.717, 1.165) is 38.3 Å². The van der Waals surface area contributed by atoms with Crippen molar-refractivity contribution >= 4 is 5.91 Å². The fraction of sp³-hybridized carbons (Fsp3) is 0.444. The second-order valence-corrected chi connectivity index (χ2v) is 8.55. The molecule has 1 fully saturated rings. The molecule has 0 aliphatic carbocycles. The quantitative estimate of drug-likeness (QED) is 0.573. The minimum absolute atomic E-state index is 0.104. The molecule has 1 saturated heterocycles. The van der Waals surface area contributed by atoms with Crippen molar-refractivity contribution in [3.05, 3.63) is 83.9 Å². The predicted molar refractivity (Wildman–Crippen MR) is 129 cm³/mol. The molecule has 3 atom stereocenters. The summed E-state index contributed by atoms with van der Waals surface area (Å²) in [5.74, 6) is 0.104. The van der Waals surface area contributed by atoms with Crippen LogP contribution < -0.4 is 0 Å². The summed E-state index contributed by atoms with van der Waals surface area (Å²) in [5.41, 5.74) is 3.29. The van der Waals surface area contributed by atoms with E-state index < -0.39 is 0 Å². The van der Waals surface area contributed by atoms with Crippen molar-refractivity contribution in [1.82, 2.24) is 14.7 Å². The Labute approximate surface area is 188 Å². The fourth-order valence-corrected chi connectivity index (χ4v) is 4.72. The van der Waals surface area contributed by atoms with E-state index >= 15 is 0 Å². The molecule has 0 N–H and O–H groups in total. The first-order chi connectivity index (χ1) is 15.0. The third kappa shape index (κ3) is 5.25. The second-order valence-electron chi connectivity index (χ2n) is 8.55. The maximum Gasteiger partial charge on any atom is 0.253 e. The van der Waals surface area contributed by atoms with Gasteiger partial charge in [-0.15, -0.1) is 6.58 Å². The summed E-state index contributed by atoms with van der Waals surface area (Å²) in [4.78, 5) is 19.7. The molecular formula is C27H37N3O. The number of amides is 1. The summed E-state index contributed by atoms with van der Waals surface area (Å²) in [7, 11) is 0. The molecule has 4 nitrogen and oxygen atoms in total. The number of piperazine rings is 1. The lowest BCUT2D eigenvalue weighted by Gasteiger charge is -2.47. The molecule has 3 rings (SSSR count). The number of carbonyl (C=O) groups excluding carboxylic acids is 1. The molecule has 1 amide bonds. The highest BCUT2D eigenvalue weighted by Crippen LogP contribution is 2.33. The zero-order chi connectivity index (χ0) is 22.4. The van der Waals surface area contributed by atoms with Gasteiger partial charge < -0.3 is 4.90 Å². The maximum atomic E-state index is 12.8. The average molecular weight is 420 g/mol. The van der Waals surface area contributed by atoms with Gasteiger partial charge in [-0.25, -0.2) is 0 Å². The summed E-state index contributed by atoms with van der Waals surface area (Å²) in [6.45, 7) is 17.0. The van der Waals surface area contributed by atoms with Crippen LogP contribution in [0.4, 0.5) is 0 Å². The van der Waals surface area contributed by atoms with Crippen LogP contribution in [0.25, 0.3) is 0 Å². The van der Waals surface area contributed by atoms with Crippen molar-refractivity contribution in [1.29, 1.82) is 0 Å². The molecule has 166 valence electrons. The van der Waals surface area contributed by atoms with Crippen molar-refractivity contribution in [3.63, 3.8) is 0 Å². The highest BCUT2D eigenvalue weighted by Gasteiger charge is 2.34. The zero-order valence-electron chi connectivity index (χ0n) is 19.5. The van der Waals surface area contributed by atoms with E-state index in [0.29, 0.717) is 12.1 Å². The minimum atomic E-state index is 0.104. The maximum absolute atomic E-state index is 12.8. The molecule has 2 aromatic rings. The van der Waals surface area contributed by atoms with Crippen molar-refractivity contribution in [2.45, 2.75) is 45.8 Å². The van der Waals surface area contributed by atoms with Gasteiger partial charge in [0.15, 0.2) is 0 Å². The first-order valence-electron chi connectivity index (χ1n) is 11.5. The van der Waals surface area contributed by atoms with Gasteiger partial charge in [0.2, 0.25) is 0 Å². The van der Waals surface area contributed by atoms with Gasteiger partial charge in [-0.3, -0.25) is 14.6 Å². The summed E-state index contributed by atoms with van der Waals surface area (Å²) in [5, 5.41) is 0. The highest BCUT2D eigenvalue weighted by molar-refractivity contribution is 5.94. The number of rotatable bonds is 8. The van der Waals surface area contributed by atoms with Gasteiger partial charge in [0.05, 0.1) is 6.04 Å². The molecule has 31 heavy (non-hydrogen) atoms. The summed E-state index contributed by atoms with van der Waals surface area (Å²) >= 11 is 0. The van der Waals surface area contributed by atoms with Crippen LogP contribution in [-0.2, 0) is 0 Å². The molecule has 0 bridgehead atoms. The lowest BCUT2D eigenvalue weighted by atomic mass is 9.93. The molecular weight excluding hydrogens is 382 g/mol. The van der Waals surface area contributed by atoms with Crippen LogP contribution in [0.2, 0.25) is 0 Å². The third-order valence-electron chi connectivity index (χ3n) is 6.50. The van der Waals surface area contributed by atoms with E-state index in [1.807, 2.05) is 37.0 Å². The van der Waals surface area contributed by atoms with E-state index in [4.69, 9.17) is 0 Å². The number of carbonyl (C=O) groups is 1. The summed E-state index contributed by atoms with van der Waals surface area (Å²) in [6.07, 6.45) is 2.00.